The predicted octanol–water partition coefficient (Wildman–Crippen LogP) is 1.18. The van der Waals surface area contributed by atoms with Gasteiger partial charge in [0.25, 0.3) is 0 Å². The molecule has 0 unspecified atom stereocenters. The van der Waals surface area contributed by atoms with Gasteiger partial charge in [0.05, 0.1) is 5.75 Å². The molecular weight excluding hydrogens is 298 g/mol. The van der Waals surface area contributed by atoms with Crippen LogP contribution in [0.1, 0.15) is 5.56 Å². The minimum Gasteiger partial charge on any atom is -0.481 e. The number of thioether (sulfide) groups is 1. The van der Waals surface area contributed by atoms with E-state index < -0.39 is 24.1 Å². The second kappa shape index (κ2) is 8.85. The lowest BCUT2D eigenvalue weighted by atomic mass is 10.2. The van der Waals surface area contributed by atoms with Gasteiger partial charge in [-0.25, -0.2) is 9.59 Å². The van der Waals surface area contributed by atoms with E-state index in [4.69, 9.17) is 14.9 Å². The van der Waals surface area contributed by atoms with Crippen molar-refractivity contribution in [1.82, 2.24) is 5.32 Å². The van der Waals surface area contributed by atoms with Crippen LogP contribution in [0.15, 0.2) is 30.3 Å². The first-order chi connectivity index (χ1) is 9.99. The van der Waals surface area contributed by atoms with Gasteiger partial charge < -0.3 is 20.3 Å². The molecule has 0 radical (unpaired) electrons. The van der Waals surface area contributed by atoms with Gasteiger partial charge in [-0.2, -0.15) is 0 Å². The summed E-state index contributed by atoms with van der Waals surface area (Å²) in [6.07, 6.45) is -0.859. The minimum atomic E-state index is -1.25. The largest absolute Gasteiger partial charge is 0.481 e. The van der Waals surface area contributed by atoms with Gasteiger partial charge in [-0.3, -0.25) is 4.79 Å². The highest BCUT2D eigenvalue weighted by molar-refractivity contribution is 8.00. The maximum atomic E-state index is 11.5. The lowest BCUT2D eigenvalue weighted by Crippen LogP contribution is -2.43. The van der Waals surface area contributed by atoms with Crippen molar-refractivity contribution in [1.29, 1.82) is 0 Å². The van der Waals surface area contributed by atoms with Crippen molar-refractivity contribution in [3.63, 3.8) is 0 Å². The van der Waals surface area contributed by atoms with Gasteiger partial charge >= 0.3 is 18.0 Å². The molecule has 0 spiro atoms. The fourth-order valence-electron chi connectivity index (χ4n) is 1.35. The zero-order valence-electron chi connectivity index (χ0n) is 11.0. The molecule has 0 saturated carbocycles. The summed E-state index contributed by atoms with van der Waals surface area (Å²) in [5.41, 5.74) is 0.778. The van der Waals surface area contributed by atoms with E-state index in [1.165, 1.54) is 0 Å². The summed E-state index contributed by atoms with van der Waals surface area (Å²) in [6.45, 7) is 0.0290. The average molecular weight is 313 g/mol. The Hall–Kier alpha value is -2.22. The molecule has 1 rings (SSSR count). The van der Waals surface area contributed by atoms with Crippen LogP contribution in [0.3, 0.4) is 0 Å². The Balaban J connectivity index is 2.38. The van der Waals surface area contributed by atoms with Crippen LogP contribution >= 0.6 is 11.8 Å². The van der Waals surface area contributed by atoms with Crippen LogP contribution in [0.5, 0.6) is 0 Å². The summed E-state index contributed by atoms with van der Waals surface area (Å²) in [5.74, 6) is -2.58. The Kier molecular flexibility index (Phi) is 7.10. The third-order valence-electron chi connectivity index (χ3n) is 2.31. The maximum absolute atomic E-state index is 11.5. The number of nitrogens with one attached hydrogen (secondary N) is 1. The first-order valence-electron chi connectivity index (χ1n) is 5.98. The summed E-state index contributed by atoms with van der Waals surface area (Å²) >= 11 is 0.904. The van der Waals surface area contributed by atoms with Crippen LogP contribution < -0.4 is 5.32 Å². The number of carboxylic acids is 2. The highest BCUT2D eigenvalue weighted by Gasteiger charge is 2.21. The number of benzene rings is 1. The van der Waals surface area contributed by atoms with Crippen LogP contribution in [0.4, 0.5) is 4.79 Å². The van der Waals surface area contributed by atoms with E-state index in [1.807, 2.05) is 6.07 Å². The first-order valence-corrected chi connectivity index (χ1v) is 7.14. The van der Waals surface area contributed by atoms with Crippen molar-refractivity contribution in [3.05, 3.63) is 35.9 Å². The standard InChI is InChI=1S/C13H15NO6S/c15-11(16)8-21-7-10(12(17)18)14-13(19)20-6-9-4-2-1-3-5-9/h1-5,10H,6-8H2,(H,14,19)(H,15,16)(H,17,18)/t10-/m0/s1. The molecule has 0 heterocycles. The summed E-state index contributed by atoms with van der Waals surface area (Å²) < 4.78 is 4.90. The Morgan fingerprint density at radius 1 is 1.19 bits per heavy atom. The highest BCUT2D eigenvalue weighted by Crippen LogP contribution is 2.05. The molecular formula is C13H15NO6S. The van der Waals surface area contributed by atoms with Gasteiger partial charge in [-0.15, -0.1) is 11.8 Å². The molecule has 0 bridgehead atoms. The van der Waals surface area contributed by atoms with Crippen molar-refractivity contribution in [2.75, 3.05) is 11.5 Å². The molecule has 0 aliphatic heterocycles. The molecule has 0 saturated heterocycles. The van der Waals surface area contributed by atoms with Gasteiger partial charge in [0.15, 0.2) is 0 Å². The molecule has 114 valence electrons. The molecule has 1 atom stereocenters. The molecule has 3 N–H and O–H groups in total. The number of alkyl carbamates (subject to hydrolysis) is 1. The fourth-order valence-corrected chi connectivity index (χ4v) is 2.10. The third kappa shape index (κ3) is 7.21. The van der Waals surface area contributed by atoms with Crippen LogP contribution in [-0.4, -0.2) is 45.8 Å². The average Bonchev–Trinajstić information content (AvgIpc) is 2.44. The second-order valence-corrected chi connectivity index (χ2v) is 5.04. The van der Waals surface area contributed by atoms with Gasteiger partial charge in [0, 0.05) is 5.75 Å². The number of aliphatic carboxylic acids is 2. The fraction of sp³-hybridized carbons (Fsp3) is 0.308. The molecule has 0 aromatic heterocycles. The Bertz CT molecular complexity index is 493. The quantitative estimate of drug-likeness (QED) is 0.660. The molecule has 8 heteroatoms. The van der Waals surface area contributed by atoms with E-state index in [-0.39, 0.29) is 18.1 Å². The zero-order chi connectivity index (χ0) is 15.7. The molecule has 21 heavy (non-hydrogen) atoms. The highest BCUT2D eigenvalue weighted by atomic mass is 32.2. The molecule has 1 amide bonds. The summed E-state index contributed by atoms with van der Waals surface area (Å²) in [6, 6.07) is 7.75. The molecule has 1 aromatic rings. The predicted molar refractivity (Wildman–Crippen MR) is 76.1 cm³/mol. The lowest BCUT2D eigenvalue weighted by Gasteiger charge is -2.13. The maximum Gasteiger partial charge on any atom is 0.408 e. The van der Waals surface area contributed by atoms with E-state index in [0.29, 0.717) is 0 Å². The van der Waals surface area contributed by atoms with Crippen LogP contribution in [-0.2, 0) is 20.9 Å². The van der Waals surface area contributed by atoms with Crippen LogP contribution in [0.25, 0.3) is 0 Å². The summed E-state index contributed by atoms with van der Waals surface area (Å²) in [5, 5.41) is 19.6. The Labute approximate surface area is 125 Å². The Morgan fingerprint density at radius 3 is 2.43 bits per heavy atom. The van der Waals surface area contributed by atoms with Crippen molar-refractivity contribution in [2.24, 2.45) is 0 Å². The third-order valence-corrected chi connectivity index (χ3v) is 3.33. The van der Waals surface area contributed by atoms with E-state index in [1.54, 1.807) is 24.3 Å². The number of carbonyl (C=O) groups is 3. The molecule has 0 aliphatic rings. The van der Waals surface area contributed by atoms with E-state index in [9.17, 15) is 14.4 Å². The number of hydrogen-bond acceptors (Lipinski definition) is 5. The number of rotatable bonds is 8. The zero-order valence-corrected chi connectivity index (χ0v) is 11.8. The smallest absolute Gasteiger partial charge is 0.408 e. The van der Waals surface area contributed by atoms with Gasteiger partial charge in [-0.05, 0) is 5.56 Å². The Morgan fingerprint density at radius 2 is 1.86 bits per heavy atom. The van der Waals surface area contributed by atoms with E-state index >= 15 is 0 Å². The van der Waals surface area contributed by atoms with Crippen molar-refractivity contribution in [2.45, 2.75) is 12.6 Å². The summed E-state index contributed by atoms with van der Waals surface area (Å²) in [4.78, 5) is 32.8. The normalized spacial score (nSPS) is 11.4. The monoisotopic (exact) mass is 313 g/mol. The van der Waals surface area contributed by atoms with Gasteiger partial charge in [-0.1, -0.05) is 30.3 Å². The van der Waals surface area contributed by atoms with Gasteiger partial charge in [0.1, 0.15) is 12.6 Å². The second-order valence-electron chi connectivity index (χ2n) is 4.01. The number of carbonyl (C=O) groups excluding carboxylic acids is 1. The van der Waals surface area contributed by atoms with Crippen molar-refractivity contribution in [3.8, 4) is 0 Å². The first kappa shape index (κ1) is 16.8. The summed E-state index contributed by atoms with van der Waals surface area (Å²) in [7, 11) is 0. The van der Waals surface area contributed by atoms with Crippen molar-refractivity contribution >= 4 is 29.8 Å². The van der Waals surface area contributed by atoms with Gasteiger partial charge in [0.2, 0.25) is 0 Å². The lowest BCUT2D eigenvalue weighted by molar-refractivity contribution is -0.139. The topological polar surface area (TPSA) is 113 Å². The van der Waals surface area contributed by atoms with Crippen LogP contribution in [0, 0.1) is 0 Å². The molecule has 0 fully saturated rings. The number of hydrogen-bond donors (Lipinski definition) is 3. The molecule has 0 aliphatic carbocycles. The number of carboxylic acid groups (broad SMARTS) is 2. The minimum absolute atomic E-state index is 0.0290. The number of amides is 1. The van der Waals surface area contributed by atoms with E-state index in [0.717, 1.165) is 17.3 Å². The van der Waals surface area contributed by atoms with Crippen molar-refractivity contribution < 1.29 is 29.3 Å². The molecule has 7 nitrogen and oxygen atoms in total. The number of ether oxygens (including phenoxy) is 1. The van der Waals surface area contributed by atoms with Crippen LogP contribution in [0.2, 0.25) is 0 Å². The molecule has 1 aromatic carbocycles. The SMILES string of the molecule is O=C(O)CSC[C@H](NC(=O)OCc1ccccc1)C(=O)O. The van der Waals surface area contributed by atoms with E-state index in [2.05, 4.69) is 5.32 Å².